The molecule has 8 nitrogen and oxygen atoms in total. The third-order valence-corrected chi connectivity index (χ3v) is 4.61. The summed E-state index contributed by atoms with van der Waals surface area (Å²) in [6, 6.07) is 10.1. The summed E-state index contributed by atoms with van der Waals surface area (Å²) < 4.78 is 1.56. The van der Waals surface area contributed by atoms with E-state index >= 15 is 0 Å². The summed E-state index contributed by atoms with van der Waals surface area (Å²) in [5.74, 6) is 0. The number of carbonyl (C=O) groups excluding carboxylic acids is 1. The first-order valence-electron chi connectivity index (χ1n) is 7.27. The summed E-state index contributed by atoms with van der Waals surface area (Å²) in [7, 11) is 0. The fourth-order valence-corrected chi connectivity index (χ4v) is 3.32. The molecule has 0 aliphatic carbocycles. The molecular weight excluding hydrogens is 342 g/mol. The van der Waals surface area contributed by atoms with Crippen molar-refractivity contribution in [1.29, 1.82) is 0 Å². The Bertz CT molecular complexity index is 950. The average molecular weight is 355 g/mol. The Morgan fingerprint density at radius 1 is 1.20 bits per heavy atom. The SMILES string of the molecule is Cc1cccc(C)c1-n1nnnc1Sc1ccc(C=O)cc1[N+](=O)[O-]. The standard InChI is InChI=1S/C16H13N5O3S/c1-10-4-3-5-11(2)15(10)20-16(17-18-19-20)25-14-7-6-12(9-22)8-13(14)21(23)24/h3-9H,1-2H3. The van der Waals surface area contributed by atoms with E-state index in [4.69, 9.17) is 0 Å². The lowest BCUT2D eigenvalue weighted by atomic mass is 10.1. The zero-order valence-electron chi connectivity index (χ0n) is 13.4. The second kappa shape index (κ2) is 6.81. The smallest absolute Gasteiger partial charge is 0.284 e. The van der Waals surface area contributed by atoms with E-state index in [9.17, 15) is 14.9 Å². The third kappa shape index (κ3) is 3.26. The van der Waals surface area contributed by atoms with Gasteiger partial charge in [0.2, 0.25) is 5.16 Å². The van der Waals surface area contributed by atoms with Crippen LogP contribution in [0, 0.1) is 24.0 Å². The number of nitro benzene ring substituents is 1. The summed E-state index contributed by atoms with van der Waals surface area (Å²) in [5, 5.41) is 23.4. The normalized spacial score (nSPS) is 10.6. The molecule has 126 valence electrons. The van der Waals surface area contributed by atoms with Gasteiger partial charge in [-0.05, 0) is 53.2 Å². The summed E-state index contributed by atoms with van der Waals surface area (Å²) in [6.07, 6.45) is 0.572. The van der Waals surface area contributed by atoms with Crippen LogP contribution < -0.4 is 0 Å². The molecule has 0 fully saturated rings. The van der Waals surface area contributed by atoms with Crippen LogP contribution in [0.2, 0.25) is 0 Å². The minimum Gasteiger partial charge on any atom is -0.298 e. The van der Waals surface area contributed by atoms with Crippen molar-refractivity contribution < 1.29 is 9.72 Å². The molecule has 0 spiro atoms. The Labute approximate surface area is 147 Å². The molecular formula is C16H13N5O3S. The number of hydrogen-bond acceptors (Lipinski definition) is 7. The lowest BCUT2D eigenvalue weighted by Crippen LogP contribution is -2.04. The molecule has 0 aliphatic rings. The van der Waals surface area contributed by atoms with Crippen molar-refractivity contribution in [3.63, 3.8) is 0 Å². The van der Waals surface area contributed by atoms with Crippen LogP contribution in [0.15, 0.2) is 46.5 Å². The van der Waals surface area contributed by atoms with Gasteiger partial charge in [-0.2, -0.15) is 4.68 Å². The Kier molecular flexibility index (Phi) is 4.57. The van der Waals surface area contributed by atoms with Crippen molar-refractivity contribution in [1.82, 2.24) is 20.2 Å². The topological polar surface area (TPSA) is 104 Å². The number of hydrogen-bond donors (Lipinski definition) is 0. The quantitative estimate of drug-likeness (QED) is 0.393. The van der Waals surface area contributed by atoms with Gasteiger partial charge in [-0.3, -0.25) is 14.9 Å². The van der Waals surface area contributed by atoms with E-state index in [2.05, 4.69) is 15.5 Å². The van der Waals surface area contributed by atoms with Gasteiger partial charge in [0.15, 0.2) is 0 Å². The first-order chi connectivity index (χ1) is 12.0. The number of para-hydroxylation sites is 1. The minimum atomic E-state index is -0.525. The number of benzene rings is 2. The van der Waals surface area contributed by atoms with Crippen LogP contribution in [-0.4, -0.2) is 31.4 Å². The van der Waals surface area contributed by atoms with Crippen LogP contribution >= 0.6 is 11.8 Å². The van der Waals surface area contributed by atoms with E-state index in [1.54, 1.807) is 4.68 Å². The zero-order valence-corrected chi connectivity index (χ0v) is 14.2. The molecule has 1 aromatic heterocycles. The molecule has 0 radical (unpaired) electrons. The number of nitrogens with zero attached hydrogens (tertiary/aromatic N) is 5. The van der Waals surface area contributed by atoms with Gasteiger partial charge < -0.3 is 0 Å². The molecule has 0 unspecified atom stereocenters. The van der Waals surface area contributed by atoms with E-state index in [-0.39, 0.29) is 11.3 Å². The number of carbonyl (C=O) groups is 1. The lowest BCUT2D eigenvalue weighted by molar-refractivity contribution is -0.387. The predicted octanol–water partition coefficient (Wildman–Crippen LogP) is 3.15. The van der Waals surface area contributed by atoms with Gasteiger partial charge in [-0.1, -0.05) is 24.3 Å². The van der Waals surface area contributed by atoms with Crippen LogP contribution in [0.1, 0.15) is 21.5 Å². The molecule has 0 saturated heterocycles. The van der Waals surface area contributed by atoms with Crippen molar-refractivity contribution in [3.8, 4) is 5.69 Å². The summed E-state index contributed by atoms with van der Waals surface area (Å²) in [4.78, 5) is 22.0. The molecule has 2 aromatic carbocycles. The lowest BCUT2D eigenvalue weighted by Gasteiger charge is -2.10. The van der Waals surface area contributed by atoms with E-state index < -0.39 is 4.92 Å². The third-order valence-electron chi connectivity index (χ3n) is 3.61. The van der Waals surface area contributed by atoms with E-state index in [1.807, 2.05) is 32.0 Å². The van der Waals surface area contributed by atoms with Gasteiger partial charge in [0, 0.05) is 11.6 Å². The first-order valence-corrected chi connectivity index (χ1v) is 8.09. The highest BCUT2D eigenvalue weighted by Gasteiger charge is 2.20. The fraction of sp³-hybridized carbons (Fsp3) is 0.125. The summed E-state index contributed by atoms with van der Waals surface area (Å²) in [6.45, 7) is 3.89. The van der Waals surface area contributed by atoms with Crippen molar-refractivity contribution in [2.75, 3.05) is 0 Å². The van der Waals surface area contributed by atoms with Crippen molar-refractivity contribution in [2.45, 2.75) is 23.9 Å². The minimum absolute atomic E-state index is 0.161. The zero-order chi connectivity index (χ0) is 18.0. The molecule has 0 bridgehead atoms. The van der Waals surface area contributed by atoms with Crippen molar-refractivity contribution in [3.05, 3.63) is 63.2 Å². The Morgan fingerprint density at radius 3 is 2.56 bits per heavy atom. The Hall–Kier alpha value is -3.07. The summed E-state index contributed by atoms with van der Waals surface area (Å²) >= 11 is 1.08. The molecule has 3 aromatic rings. The molecule has 9 heteroatoms. The molecule has 0 aliphatic heterocycles. The van der Waals surface area contributed by atoms with Gasteiger partial charge in [0.25, 0.3) is 5.69 Å². The predicted molar refractivity (Wildman–Crippen MR) is 91.2 cm³/mol. The number of tetrazole rings is 1. The molecule has 0 atom stereocenters. The van der Waals surface area contributed by atoms with Gasteiger partial charge >= 0.3 is 0 Å². The number of nitro groups is 1. The number of aldehydes is 1. The Balaban J connectivity index is 2.06. The highest BCUT2D eigenvalue weighted by molar-refractivity contribution is 7.99. The first kappa shape index (κ1) is 16.8. The molecule has 25 heavy (non-hydrogen) atoms. The molecule has 0 N–H and O–H groups in total. The second-order valence-electron chi connectivity index (χ2n) is 5.32. The molecule has 0 saturated carbocycles. The van der Waals surface area contributed by atoms with Crippen LogP contribution in [0.3, 0.4) is 0 Å². The maximum absolute atomic E-state index is 11.3. The van der Waals surface area contributed by atoms with Crippen LogP contribution in [0.5, 0.6) is 0 Å². The highest BCUT2D eigenvalue weighted by Crippen LogP contribution is 2.35. The van der Waals surface area contributed by atoms with Crippen LogP contribution in [0.4, 0.5) is 5.69 Å². The van der Waals surface area contributed by atoms with Crippen molar-refractivity contribution >= 4 is 23.7 Å². The highest BCUT2D eigenvalue weighted by atomic mass is 32.2. The largest absolute Gasteiger partial charge is 0.298 e. The second-order valence-corrected chi connectivity index (χ2v) is 6.33. The summed E-state index contributed by atoms with van der Waals surface area (Å²) in [5.41, 5.74) is 2.89. The van der Waals surface area contributed by atoms with E-state index in [0.29, 0.717) is 16.3 Å². The number of aromatic nitrogens is 4. The van der Waals surface area contributed by atoms with Crippen LogP contribution in [-0.2, 0) is 0 Å². The number of rotatable bonds is 5. The van der Waals surface area contributed by atoms with Gasteiger partial charge in [0.1, 0.15) is 6.29 Å². The fourth-order valence-electron chi connectivity index (χ4n) is 2.46. The van der Waals surface area contributed by atoms with Gasteiger partial charge in [-0.15, -0.1) is 5.10 Å². The van der Waals surface area contributed by atoms with Gasteiger partial charge in [0.05, 0.1) is 15.5 Å². The van der Waals surface area contributed by atoms with Gasteiger partial charge in [-0.25, -0.2) is 0 Å². The monoisotopic (exact) mass is 355 g/mol. The average Bonchev–Trinajstić information content (AvgIpc) is 3.03. The van der Waals surface area contributed by atoms with Crippen LogP contribution in [0.25, 0.3) is 5.69 Å². The molecule has 3 rings (SSSR count). The number of aryl methyl sites for hydroxylation is 2. The Morgan fingerprint density at radius 2 is 1.92 bits per heavy atom. The van der Waals surface area contributed by atoms with E-state index in [0.717, 1.165) is 28.6 Å². The maximum Gasteiger partial charge on any atom is 0.284 e. The molecule has 1 heterocycles. The van der Waals surface area contributed by atoms with Crippen molar-refractivity contribution in [2.24, 2.45) is 0 Å². The maximum atomic E-state index is 11.3. The molecule has 0 amide bonds. The van der Waals surface area contributed by atoms with E-state index in [1.165, 1.54) is 18.2 Å².